The smallest absolute Gasteiger partial charge is 0.110 e. The Bertz CT molecular complexity index is 302. The average Bonchev–Trinajstić information content (AvgIpc) is 2.99. The quantitative estimate of drug-likeness (QED) is 0.771. The lowest BCUT2D eigenvalue weighted by atomic mass is 10.1. The first kappa shape index (κ1) is 10.7. The van der Waals surface area contributed by atoms with Crippen LogP contribution in [0.4, 0.5) is 0 Å². The number of aryl methyl sites for hydroxylation is 1. The van der Waals surface area contributed by atoms with E-state index in [2.05, 4.69) is 34.9 Å². The number of imidazole rings is 1. The van der Waals surface area contributed by atoms with Gasteiger partial charge in [-0.05, 0) is 32.2 Å². The monoisotopic (exact) mass is 207 g/mol. The van der Waals surface area contributed by atoms with E-state index in [9.17, 15) is 0 Å². The summed E-state index contributed by atoms with van der Waals surface area (Å²) in [5, 5.41) is 3.58. The van der Waals surface area contributed by atoms with E-state index >= 15 is 0 Å². The van der Waals surface area contributed by atoms with Crippen LogP contribution in [0.1, 0.15) is 32.5 Å². The molecule has 0 bridgehead atoms. The summed E-state index contributed by atoms with van der Waals surface area (Å²) in [6.07, 6.45) is 7.86. The molecule has 1 atom stereocenters. The lowest BCUT2D eigenvalue weighted by Gasteiger charge is -2.17. The molecule has 1 N–H and O–H groups in total. The highest BCUT2D eigenvalue weighted by Gasteiger charge is 2.31. The van der Waals surface area contributed by atoms with Gasteiger partial charge in [0.2, 0.25) is 0 Å². The number of rotatable bonds is 6. The predicted octanol–water partition coefficient (Wildman–Crippen LogP) is 1.83. The van der Waals surface area contributed by atoms with Crippen LogP contribution in [0.25, 0.3) is 0 Å². The van der Waals surface area contributed by atoms with Crippen molar-refractivity contribution in [2.45, 2.75) is 45.7 Å². The molecule has 0 radical (unpaired) electrons. The van der Waals surface area contributed by atoms with Crippen molar-refractivity contribution >= 4 is 0 Å². The molecule has 1 fully saturated rings. The Morgan fingerprint density at radius 2 is 2.33 bits per heavy atom. The molecule has 84 valence electrons. The van der Waals surface area contributed by atoms with Gasteiger partial charge in [0.1, 0.15) is 5.82 Å². The zero-order valence-electron chi connectivity index (χ0n) is 9.74. The van der Waals surface area contributed by atoms with Crippen molar-refractivity contribution in [1.29, 1.82) is 0 Å². The van der Waals surface area contributed by atoms with Gasteiger partial charge in [0.05, 0.1) is 0 Å². The van der Waals surface area contributed by atoms with Gasteiger partial charge in [-0.2, -0.15) is 0 Å². The fourth-order valence-corrected chi connectivity index (χ4v) is 2.18. The Morgan fingerprint density at radius 3 is 2.93 bits per heavy atom. The molecule has 1 saturated carbocycles. The van der Waals surface area contributed by atoms with Gasteiger partial charge < -0.3 is 9.88 Å². The van der Waals surface area contributed by atoms with Gasteiger partial charge in [-0.25, -0.2) is 4.98 Å². The molecule has 0 spiro atoms. The van der Waals surface area contributed by atoms with E-state index < -0.39 is 0 Å². The van der Waals surface area contributed by atoms with Crippen LogP contribution in [0.5, 0.6) is 0 Å². The van der Waals surface area contributed by atoms with Crippen LogP contribution in [-0.2, 0) is 13.0 Å². The van der Waals surface area contributed by atoms with Crippen molar-refractivity contribution in [2.75, 3.05) is 6.54 Å². The number of hydrogen-bond donors (Lipinski definition) is 1. The summed E-state index contributed by atoms with van der Waals surface area (Å²) in [6.45, 7) is 6.44. The topological polar surface area (TPSA) is 29.9 Å². The highest BCUT2D eigenvalue weighted by atomic mass is 15.1. The maximum atomic E-state index is 4.44. The summed E-state index contributed by atoms with van der Waals surface area (Å²) in [5.74, 6) is 2.13. The molecule has 1 aliphatic carbocycles. The Kier molecular flexibility index (Phi) is 3.41. The van der Waals surface area contributed by atoms with Crippen LogP contribution in [0.3, 0.4) is 0 Å². The first-order valence-electron chi connectivity index (χ1n) is 6.08. The molecule has 1 aromatic heterocycles. The van der Waals surface area contributed by atoms with Crippen molar-refractivity contribution in [3.63, 3.8) is 0 Å². The second kappa shape index (κ2) is 4.79. The highest BCUT2D eigenvalue weighted by molar-refractivity contribution is 4.99. The minimum atomic E-state index is 0.641. The summed E-state index contributed by atoms with van der Waals surface area (Å²) in [4.78, 5) is 4.44. The number of likely N-dealkylation sites (N-methyl/N-ethyl adjacent to an activating group) is 1. The van der Waals surface area contributed by atoms with Crippen LogP contribution in [-0.4, -0.2) is 22.1 Å². The fourth-order valence-electron chi connectivity index (χ4n) is 2.18. The molecule has 0 saturated heterocycles. The molecule has 1 aliphatic rings. The molecule has 0 aliphatic heterocycles. The Hall–Kier alpha value is -0.830. The van der Waals surface area contributed by atoms with Crippen molar-refractivity contribution in [3.8, 4) is 0 Å². The maximum absolute atomic E-state index is 4.44. The molecular weight excluding hydrogens is 186 g/mol. The van der Waals surface area contributed by atoms with Gasteiger partial charge >= 0.3 is 0 Å². The van der Waals surface area contributed by atoms with E-state index in [1.807, 2.05) is 6.20 Å². The van der Waals surface area contributed by atoms with E-state index in [-0.39, 0.29) is 0 Å². The molecule has 2 rings (SSSR count). The third kappa shape index (κ3) is 2.59. The molecule has 3 heteroatoms. The maximum Gasteiger partial charge on any atom is 0.110 e. The molecule has 15 heavy (non-hydrogen) atoms. The second-order valence-corrected chi connectivity index (χ2v) is 4.34. The summed E-state index contributed by atoms with van der Waals surface area (Å²) < 4.78 is 2.24. The van der Waals surface area contributed by atoms with E-state index in [0.717, 1.165) is 25.4 Å². The molecule has 3 nitrogen and oxygen atoms in total. The Balaban J connectivity index is 1.98. The molecule has 0 amide bonds. The minimum absolute atomic E-state index is 0.641. The van der Waals surface area contributed by atoms with E-state index in [4.69, 9.17) is 0 Å². The van der Waals surface area contributed by atoms with Gasteiger partial charge in [0.25, 0.3) is 0 Å². The summed E-state index contributed by atoms with van der Waals surface area (Å²) >= 11 is 0. The van der Waals surface area contributed by atoms with Crippen LogP contribution in [0.2, 0.25) is 0 Å². The van der Waals surface area contributed by atoms with Gasteiger partial charge in [-0.15, -0.1) is 0 Å². The highest BCUT2D eigenvalue weighted by Crippen LogP contribution is 2.33. The Labute approximate surface area is 91.9 Å². The van der Waals surface area contributed by atoms with Crippen LogP contribution >= 0.6 is 0 Å². The van der Waals surface area contributed by atoms with Crippen molar-refractivity contribution in [1.82, 2.24) is 14.9 Å². The first-order chi connectivity index (χ1) is 7.35. The number of nitrogens with one attached hydrogen (secondary N) is 1. The summed E-state index contributed by atoms with van der Waals surface area (Å²) in [5.41, 5.74) is 0. The standard InChI is InChI=1S/C12H21N3/c1-3-13-11(10-5-6-10)9-12-14-7-8-15(12)4-2/h7-8,10-11,13H,3-6,9H2,1-2H3. The van der Waals surface area contributed by atoms with Crippen molar-refractivity contribution in [3.05, 3.63) is 18.2 Å². The van der Waals surface area contributed by atoms with Crippen LogP contribution < -0.4 is 5.32 Å². The van der Waals surface area contributed by atoms with Crippen molar-refractivity contribution < 1.29 is 0 Å². The third-order valence-electron chi connectivity index (χ3n) is 3.20. The van der Waals surface area contributed by atoms with Gasteiger partial charge in [-0.3, -0.25) is 0 Å². The zero-order valence-corrected chi connectivity index (χ0v) is 9.74. The third-order valence-corrected chi connectivity index (χ3v) is 3.20. The van der Waals surface area contributed by atoms with Gasteiger partial charge in [0.15, 0.2) is 0 Å². The van der Waals surface area contributed by atoms with Gasteiger partial charge in [0, 0.05) is 31.4 Å². The number of hydrogen-bond acceptors (Lipinski definition) is 2. The SMILES string of the molecule is CCNC(Cc1nccn1CC)C1CC1. The van der Waals surface area contributed by atoms with Crippen LogP contribution in [0, 0.1) is 5.92 Å². The molecule has 1 unspecified atom stereocenters. The van der Waals surface area contributed by atoms with Crippen molar-refractivity contribution in [2.24, 2.45) is 5.92 Å². The minimum Gasteiger partial charge on any atom is -0.335 e. The number of aromatic nitrogens is 2. The van der Waals surface area contributed by atoms with E-state index in [1.54, 1.807) is 0 Å². The summed E-state index contributed by atoms with van der Waals surface area (Å²) in [7, 11) is 0. The second-order valence-electron chi connectivity index (χ2n) is 4.34. The first-order valence-corrected chi connectivity index (χ1v) is 6.08. The average molecular weight is 207 g/mol. The summed E-state index contributed by atoms with van der Waals surface area (Å²) in [6, 6.07) is 0.641. The zero-order chi connectivity index (χ0) is 10.7. The van der Waals surface area contributed by atoms with E-state index in [1.165, 1.54) is 18.7 Å². The van der Waals surface area contributed by atoms with E-state index in [0.29, 0.717) is 6.04 Å². The molecule has 1 aromatic rings. The van der Waals surface area contributed by atoms with Gasteiger partial charge in [-0.1, -0.05) is 6.92 Å². The lowest BCUT2D eigenvalue weighted by molar-refractivity contribution is 0.455. The lowest BCUT2D eigenvalue weighted by Crippen LogP contribution is -2.33. The normalized spacial score (nSPS) is 18.0. The van der Waals surface area contributed by atoms with Crippen LogP contribution in [0.15, 0.2) is 12.4 Å². The molecular formula is C12H21N3. The molecule has 0 aromatic carbocycles. The Morgan fingerprint density at radius 1 is 1.53 bits per heavy atom. The fraction of sp³-hybridized carbons (Fsp3) is 0.750. The predicted molar refractivity (Wildman–Crippen MR) is 61.8 cm³/mol. The largest absolute Gasteiger partial charge is 0.335 e. The number of nitrogens with zero attached hydrogens (tertiary/aromatic N) is 2. The molecule has 1 heterocycles.